The third-order valence-corrected chi connectivity index (χ3v) is 4.03. The van der Waals surface area contributed by atoms with Gasteiger partial charge in [0.15, 0.2) is 11.5 Å². The molecule has 1 unspecified atom stereocenters. The molecule has 1 fully saturated rings. The fourth-order valence-electron chi connectivity index (χ4n) is 2.74. The number of rotatable bonds is 3. The number of phenolic OH excluding ortho intramolecular Hbond substituents is 1. The summed E-state index contributed by atoms with van der Waals surface area (Å²) in [7, 11) is 1.56. The number of methoxy groups -OCH3 is 1. The second kappa shape index (κ2) is 5.09. The Morgan fingerprint density at radius 2 is 2.11 bits per heavy atom. The summed E-state index contributed by atoms with van der Waals surface area (Å²) in [5, 5.41) is 13.3. The van der Waals surface area contributed by atoms with Gasteiger partial charge in [-0.1, -0.05) is 26.7 Å². The summed E-state index contributed by atoms with van der Waals surface area (Å²) in [6.07, 6.45) is 5.05. The van der Waals surface area contributed by atoms with Gasteiger partial charge in [-0.15, -0.1) is 0 Å². The van der Waals surface area contributed by atoms with Gasteiger partial charge in [-0.3, -0.25) is 0 Å². The molecule has 0 radical (unpaired) electrons. The van der Waals surface area contributed by atoms with E-state index in [4.69, 9.17) is 4.74 Å². The second-order valence-corrected chi connectivity index (χ2v) is 5.82. The van der Waals surface area contributed by atoms with E-state index in [0.29, 0.717) is 17.2 Å². The van der Waals surface area contributed by atoms with Crippen LogP contribution in [0.5, 0.6) is 11.5 Å². The highest BCUT2D eigenvalue weighted by molar-refractivity contribution is 5.54. The van der Waals surface area contributed by atoms with Crippen LogP contribution in [0.1, 0.15) is 39.5 Å². The van der Waals surface area contributed by atoms with E-state index in [1.165, 1.54) is 25.7 Å². The third kappa shape index (κ3) is 2.71. The van der Waals surface area contributed by atoms with E-state index in [2.05, 4.69) is 19.2 Å². The predicted molar refractivity (Wildman–Crippen MR) is 74.3 cm³/mol. The Morgan fingerprint density at radius 3 is 2.72 bits per heavy atom. The van der Waals surface area contributed by atoms with Gasteiger partial charge in [-0.05, 0) is 30.4 Å². The molecule has 1 aliphatic rings. The molecule has 3 heteroatoms. The Morgan fingerprint density at radius 1 is 1.33 bits per heavy atom. The molecule has 1 aliphatic carbocycles. The minimum atomic E-state index is 0.191. The van der Waals surface area contributed by atoms with Gasteiger partial charge in [0.05, 0.1) is 7.11 Å². The zero-order valence-corrected chi connectivity index (χ0v) is 11.5. The summed E-state index contributed by atoms with van der Waals surface area (Å²) in [6.45, 7) is 4.63. The SMILES string of the molecule is COc1ccc(NC2CCCCC2(C)C)cc1O. The van der Waals surface area contributed by atoms with E-state index in [9.17, 15) is 5.11 Å². The van der Waals surface area contributed by atoms with Crippen molar-refractivity contribution in [1.29, 1.82) is 0 Å². The van der Waals surface area contributed by atoms with Crippen molar-refractivity contribution in [1.82, 2.24) is 0 Å². The summed E-state index contributed by atoms with van der Waals surface area (Å²) >= 11 is 0. The van der Waals surface area contributed by atoms with Crippen LogP contribution >= 0.6 is 0 Å². The normalized spacial score (nSPS) is 22.5. The first kappa shape index (κ1) is 13.1. The number of hydrogen-bond acceptors (Lipinski definition) is 3. The molecule has 2 rings (SSSR count). The Balaban J connectivity index is 2.11. The Labute approximate surface area is 109 Å². The highest BCUT2D eigenvalue weighted by atomic mass is 16.5. The lowest BCUT2D eigenvalue weighted by molar-refractivity contribution is 0.217. The van der Waals surface area contributed by atoms with Crippen LogP contribution in [-0.2, 0) is 0 Å². The van der Waals surface area contributed by atoms with Gasteiger partial charge in [0.25, 0.3) is 0 Å². The van der Waals surface area contributed by atoms with Gasteiger partial charge in [0.1, 0.15) is 0 Å². The lowest BCUT2D eigenvalue weighted by Crippen LogP contribution is -2.38. The van der Waals surface area contributed by atoms with Gasteiger partial charge in [-0.25, -0.2) is 0 Å². The molecule has 0 saturated heterocycles. The third-order valence-electron chi connectivity index (χ3n) is 4.03. The number of aromatic hydroxyl groups is 1. The van der Waals surface area contributed by atoms with E-state index < -0.39 is 0 Å². The van der Waals surface area contributed by atoms with Gasteiger partial charge in [-0.2, -0.15) is 0 Å². The number of nitrogens with one attached hydrogen (secondary N) is 1. The van der Waals surface area contributed by atoms with Crippen molar-refractivity contribution in [2.24, 2.45) is 5.41 Å². The lowest BCUT2D eigenvalue weighted by Gasteiger charge is -2.39. The number of hydrogen-bond donors (Lipinski definition) is 2. The van der Waals surface area contributed by atoms with Crippen LogP contribution in [0.3, 0.4) is 0 Å². The van der Waals surface area contributed by atoms with E-state index in [1.807, 2.05) is 6.07 Å². The smallest absolute Gasteiger partial charge is 0.160 e. The summed E-state index contributed by atoms with van der Waals surface area (Å²) in [5.74, 6) is 0.708. The molecule has 0 aromatic heterocycles. The zero-order chi connectivity index (χ0) is 13.2. The second-order valence-electron chi connectivity index (χ2n) is 5.82. The Kier molecular flexibility index (Phi) is 3.69. The highest BCUT2D eigenvalue weighted by Crippen LogP contribution is 2.38. The van der Waals surface area contributed by atoms with Crippen LogP contribution in [0, 0.1) is 5.41 Å². The minimum absolute atomic E-state index is 0.191. The molecule has 0 amide bonds. The number of ether oxygens (including phenoxy) is 1. The summed E-state index contributed by atoms with van der Waals surface area (Å²) < 4.78 is 5.05. The van der Waals surface area contributed by atoms with Crippen LogP contribution in [0.15, 0.2) is 18.2 Å². The fraction of sp³-hybridized carbons (Fsp3) is 0.600. The molecule has 18 heavy (non-hydrogen) atoms. The van der Waals surface area contributed by atoms with E-state index in [-0.39, 0.29) is 5.75 Å². The summed E-state index contributed by atoms with van der Waals surface area (Å²) in [4.78, 5) is 0. The molecule has 1 aromatic rings. The maximum absolute atomic E-state index is 9.79. The highest BCUT2D eigenvalue weighted by Gasteiger charge is 2.32. The van der Waals surface area contributed by atoms with Crippen LogP contribution in [0.2, 0.25) is 0 Å². The predicted octanol–water partition coefficient (Wildman–Crippen LogP) is 3.78. The molecule has 1 atom stereocenters. The van der Waals surface area contributed by atoms with Crippen LogP contribution in [-0.4, -0.2) is 18.3 Å². The van der Waals surface area contributed by atoms with Crippen molar-refractivity contribution in [3.63, 3.8) is 0 Å². The summed E-state index contributed by atoms with van der Waals surface area (Å²) in [5.41, 5.74) is 1.28. The minimum Gasteiger partial charge on any atom is -0.504 e. The average molecular weight is 249 g/mol. The largest absolute Gasteiger partial charge is 0.504 e. The van der Waals surface area contributed by atoms with E-state index in [0.717, 1.165) is 5.69 Å². The fourth-order valence-corrected chi connectivity index (χ4v) is 2.74. The maximum Gasteiger partial charge on any atom is 0.160 e. The van der Waals surface area contributed by atoms with E-state index >= 15 is 0 Å². The van der Waals surface area contributed by atoms with Gasteiger partial charge in [0.2, 0.25) is 0 Å². The van der Waals surface area contributed by atoms with E-state index in [1.54, 1.807) is 19.2 Å². The Hall–Kier alpha value is -1.38. The van der Waals surface area contributed by atoms with Crippen molar-refractivity contribution >= 4 is 5.69 Å². The van der Waals surface area contributed by atoms with Gasteiger partial charge in [0, 0.05) is 17.8 Å². The first-order valence-electron chi connectivity index (χ1n) is 6.66. The molecule has 0 heterocycles. The molecule has 1 saturated carbocycles. The lowest BCUT2D eigenvalue weighted by atomic mass is 9.73. The average Bonchev–Trinajstić information content (AvgIpc) is 2.32. The zero-order valence-electron chi connectivity index (χ0n) is 11.5. The molecule has 0 bridgehead atoms. The number of phenols is 1. The Bertz CT molecular complexity index is 415. The quantitative estimate of drug-likeness (QED) is 0.856. The van der Waals surface area contributed by atoms with Crippen molar-refractivity contribution in [2.75, 3.05) is 12.4 Å². The van der Waals surface area contributed by atoms with Gasteiger partial charge < -0.3 is 15.2 Å². The molecule has 3 nitrogen and oxygen atoms in total. The van der Waals surface area contributed by atoms with Crippen LogP contribution < -0.4 is 10.1 Å². The number of benzene rings is 1. The monoisotopic (exact) mass is 249 g/mol. The standard InChI is InChI=1S/C15H23NO2/c1-15(2)9-5-4-6-14(15)16-11-7-8-13(18-3)12(17)10-11/h7-8,10,14,16-17H,4-6,9H2,1-3H3. The van der Waals surface area contributed by atoms with Crippen LogP contribution in [0.25, 0.3) is 0 Å². The number of anilines is 1. The topological polar surface area (TPSA) is 41.5 Å². The van der Waals surface area contributed by atoms with Crippen molar-refractivity contribution in [3.8, 4) is 11.5 Å². The van der Waals surface area contributed by atoms with Crippen LogP contribution in [0.4, 0.5) is 5.69 Å². The van der Waals surface area contributed by atoms with Crippen molar-refractivity contribution in [2.45, 2.75) is 45.6 Å². The maximum atomic E-state index is 9.79. The first-order chi connectivity index (χ1) is 8.53. The van der Waals surface area contributed by atoms with Gasteiger partial charge >= 0.3 is 0 Å². The summed E-state index contributed by atoms with van der Waals surface area (Å²) in [6, 6.07) is 5.97. The molecular weight excluding hydrogens is 226 g/mol. The first-order valence-corrected chi connectivity index (χ1v) is 6.66. The molecule has 100 valence electrons. The molecule has 2 N–H and O–H groups in total. The molecule has 1 aromatic carbocycles. The molecular formula is C15H23NO2. The molecule has 0 aliphatic heterocycles. The van der Waals surface area contributed by atoms with Crippen molar-refractivity contribution < 1.29 is 9.84 Å². The van der Waals surface area contributed by atoms with Crippen molar-refractivity contribution in [3.05, 3.63) is 18.2 Å². The molecule has 0 spiro atoms.